The molecule has 0 saturated heterocycles. The van der Waals surface area contributed by atoms with Gasteiger partial charge in [0.2, 0.25) is 5.91 Å². The lowest BCUT2D eigenvalue weighted by atomic mass is 10.2. The molecule has 39 heavy (non-hydrogen) atoms. The van der Waals surface area contributed by atoms with Crippen molar-refractivity contribution >= 4 is 45.2 Å². The second kappa shape index (κ2) is 13.2. The maximum absolute atomic E-state index is 12.9. The lowest BCUT2D eigenvalue weighted by Gasteiger charge is -2.12. The summed E-state index contributed by atoms with van der Waals surface area (Å²) in [6, 6.07) is 19.6. The van der Waals surface area contributed by atoms with Crippen molar-refractivity contribution in [3.05, 3.63) is 82.6 Å². The van der Waals surface area contributed by atoms with E-state index < -0.39 is 0 Å². The molecule has 0 aliphatic heterocycles. The van der Waals surface area contributed by atoms with Crippen LogP contribution in [0.15, 0.2) is 76.4 Å². The minimum absolute atomic E-state index is 0.106. The van der Waals surface area contributed by atoms with Crippen molar-refractivity contribution in [2.24, 2.45) is 0 Å². The van der Waals surface area contributed by atoms with Gasteiger partial charge in [-0.2, -0.15) is 0 Å². The molecule has 0 atom stereocenters. The summed E-state index contributed by atoms with van der Waals surface area (Å²) in [6.45, 7) is 0.106. The Labute approximate surface area is 238 Å². The predicted molar refractivity (Wildman–Crippen MR) is 152 cm³/mol. The average molecular weight is 613 g/mol. The van der Waals surface area contributed by atoms with Crippen molar-refractivity contribution in [1.29, 1.82) is 0 Å². The molecule has 202 valence electrons. The standard InChI is InChI=1S/C27H26BrN5O5S/c1-36-21-11-7-19(8-12-21)30-25(34)16-39-27-32-31-24(33(27)20-9-5-18(28)6-10-20)15-29-26(35)17-4-13-22(37-2)23(14-17)38-3/h4-14H,15-16H2,1-3H3,(H,29,35)(H,30,34). The number of aromatic nitrogens is 3. The molecule has 1 aromatic heterocycles. The van der Waals surface area contributed by atoms with E-state index in [-0.39, 0.29) is 24.1 Å². The first-order valence-electron chi connectivity index (χ1n) is 11.7. The fourth-order valence-corrected chi connectivity index (χ4v) is 4.63. The van der Waals surface area contributed by atoms with Gasteiger partial charge in [0.25, 0.3) is 5.91 Å². The maximum Gasteiger partial charge on any atom is 0.251 e. The monoisotopic (exact) mass is 611 g/mol. The van der Waals surface area contributed by atoms with Crippen LogP contribution in [0.1, 0.15) is 16.2 Å². The molecule has 4 rings (SSSR count). The molecule has 0 aliphatic carbocycles. The molecular formula is C27H26BrN5O5S. The van der Waals surface area contributed by atoms with Crippen molar-refractivity contribution < 1.29 is 23.8 Å². The van der Waals surface area contributed by atoms with Crippen LogP contribution in [0.4, 0.5) is 5.69 Å². The number of hydrogen-bond donors (Lipinski definition) is 2. The number of ether oxygens (including phenoxy) is 3. The van der Waals surface area contributed by atoms with Crippen LogP contribution in [0, 0.1) is 0 Å². The Morgan fingerprint density at radius 1 is 0.897 bits per heavy atom. The molecule has 0 bridgehead atoms. The number of rotatable bonds is 11. The van der Waals surface area contributed by atoms with E-state index in [1.54, 1.807) is 49.6 Å². The summed E-state index contributed by atoms with van der Waals surface area (Å²) in [4.78, 5) is 25.5. The molecule has 12 heteroatoms. The number of methoxy groups -OCH3 is 3. The van der Waals surface area contributed by atoms with Crippen LogP contribution in [-0.2, 0) is 11.3 Å². The Morgan fingerprint density at radius 2 is 1.62 bits per heavy atom. The Kier molecular flexibility index (Phi) is 9.45. The Bertz CT molecular complexity index is 1440. The smallest absolute Gasteiger partial charge is 0.251 e. The zero-order valence-electron chi connectivity index (χ0n) is 21.4. The molecule has 0 aliphatic rings. The van der Waals surface area contributed by atoms with Crippen molar-refractivity contribution in [3.63, 3.8) is 0 Å². The van der Waals surface area contributed by atoms with Crippen molar-refractivity contribution in [2.75, 3.05) is 32.4 Å². The minimum atomic E-state index is -0.311. The van der Waals surface area contributed by atoms with Gasteiger partial charge in [-0.3, -0.25) is 14.2 Å². The Morgan fingerprint density at radius 3 is 2.28 bits per heavy atom. The van der Waals surface area contributed by atoms with Crippen LogP contribution < -0.4 is 24.8 Å². The van der Waals surface area contributed by atoms with Gasteiger partial charge in [-0.15, -0.1) is 10.2 Å². The van der Waals surface area contributed by atoms with Gasteiger partial charge in [0.15, 0.2) is 22.5 Å². The van der Waals surface area contributed by atoms with E-state index in [9.17, 15) is 9.59 Å². The van der Waals surface area contributed by atoms with Gasteiger partial charge in [-0.05, 0) is 66.7 Å². The predicted octanol–water partition coefficient (Wildman–Crippen LogP) is 4.72. The van der Waals surface area contributed by atoms with E-state index in [0.717, 1.165) is 10.2 Å². The van der Waals surface area contributed by atoms with E-state index in [4.69, 9.17) is 14.2 Å². The molecule has 0 unspecified atom stereocenters. The number of nitrogens with zero attached hydrogens (tertiary/aromatic N) is 3. The van der Waals surface area contributed by atoms with Crippen LogP contribution >= 0.6 is 27.7 Å². The van der Waals surface area contributed by atoms with Gasteiger partial charge in [0, 0.05) is 21.4 Å². The number of amides is 2. The first kappa shape index (κ1) is 28.0. The summed E-state index contributed by atoms with van der Waals surface area (Å²) in [6.07, 6.45) is 0. The van der Waals surface area contributed by atoms with Crippen LogP contribution in [-0.4, -0.2) is 53.7 Å². The molecule has 0 spiro atoms. The lowest BCUT2D eigenvalue weighted by Crippen LogP contribution is -2.24. The number of carbonyl (C=O) groups excluding carboxylic acids is 2. The van der Waals surface area contributed by atoms with Gasteiger partial charge in [0.05, 0.1) is 33.6 Å². The highest BCUT2D eigenvalue weighted by molar-refractivity contribution is 9.10. The van der Waals surface area contributed by atoms with Crippen molar-refractivity contribution in [3.8, 4) is 22.9 Å². The highest BCUT2D eigenvalue weighted by Gasteiger charge is 2.18. The van der Waals surface area contributed by atoms with Gasteiger partial charge in [-0.1, -0.05) is 27.7 Å². The first-order valence-corrected chi connectivity index (χ1v) is 13.5. The first-order chi connectivity index (χ1) is 18.9. The zero-order valence-corrected chi connectivity index (χ0v) is 23.8. The van der Waals surface area contributed by atoms with Crippen LogP contribution in [0.25, 0.3) is 5.69 Å². The third-order valence-electron chi connectivity index (χ3n) is 5.54. The van der Waals surface area contributed by atoms with Gasteiger partial charge in [0.1, 0.15) is 5.75 Å². The molecule has 3 aromatic carbocycles. The van der Waals surface area contributed by atoms with Gasteiger partial charge >= 0.3 is 0 Å². The number of carbonyl (C=O) groups is 2. The second-order valence-corrected chi connectivity index (χ2v) is 9.89. The van der Waals surface area contributed by atoms with Gasteiger partial charge in [-0.25, -0.2) is 0 Å². The Hall–Kier alpha value is -4.03. The van der Waals surface area contributed by atoms with E-state index in [2.05, 4.69) is 36.8 Å². The maximum atomic E-state index is 12.9. The summed E-state index contributed by atoms with van der Waals surface area (Å²) < 4.78 is 18.4. The van der Waals surface area contributed by atoms with E-state index in [1.807, 2.05) is 28.8 Å². The summed E-state index contributed by atoms with van der Waals surface area (Å²) in [5, 5.41) is 14.8. The third kappa shape index (κ3) is 7.09. The van der Waals surface area contributed by atoms with E-state index >= 15 is 0 Å². The molecule has 1 heterocycles. The second-order valence-electron chi connectivity index (χ2n) is 8.03. The number of benzene rings is 3. The summed E-state index contributed by atoms with van der Waals surface area (Å²) in [5.41, 5.74) is 1.86. The van der Waals surface area contributed by atoms with Crippen LogP contribution in [0.2, 0.25) is 0 Å². The molecular weight excluding hydrogens is 586 g/mol. The van der Waals surface area contributed by atoms with Crippen LogP contribution in [0.3, 0.4) is 0 Å². The molecule has 2 amide bonds. The highest BCUT2D eigenvalue weighted by atomic mass is 79.9. The number of anilines is 1. The Balaban J connectivity index is 1.48. The van der Waals surface area contributed by atoms with E-state index in [1.165, 1.54) is 26.0 Å². The number of hydrogen-bond acceptors (Lipinski definition) is 8. The van der Waals surface area contributed by atoms with E-state index in [0.29, 0.717) is 39.5 Å². The normalized spacial score (nSPS) is 10.6. The molecule has 0 saturated carbocycles. The SMILES string of the molecule is COc1ccc(NC(=O)CSc2nnc(CNC(=O)c3ccc(OC)c(OC)c3)n2-c2ccc(Br)cc2)cc1. The zero-order chi connectivity index (χ0) is 27.8. The fraction of sp³-hybridized carbons (Fsp3) is 0.185. The summed E-state index contributed by atoms with van der Waals surface area (Å²) in [5.74, 6) is 1.79. The summed E-state index contributed by atoms with van der Waals surface area (Å²) >= 11 is 4.69. The van der Waals surface area contributed by atoms with Gasteiger partial charge < -0.3 is 24.8 Å². The molecule has 0 radical (unpaired) electrons. The number of thioether (sulfide) groups is 1. The fourth-order valence-electron chi connectivity index (χ4n) is 3.60. The van der Waals surface area contributed by atoms with Crippen molar-refractivity contribution in [2.45, 2.75) is 11.7 Å². The molecule has 2 N–H and O–H groups in total. The number of halogens is 1. The largest absolute Gasteiger partial charge is 0.497 e. The minimum Gasteiger partial charge on any atom is -0.497 e. The average Bonchev–Trinajstić information content (AvgIpc) is 3.37. The third-order valence-corrected chi connectivity index (χ3v) is 7.00. The van der Waals surface area contributed by atoms with Crippen molar-refractivity contribution in [1.82, 2.24) is 20.1 Å². The number of nitrogens with one attached hydrogen (secondary N) is 2. The topological polar surface area (TPSA) is 117 Å². The van der Waals surface area contributed by atoms with Crippen LogP contribution in [0.5, 0.6) is 17.2 Å². The summed E-state index contributed by atoms with van der Waals surface area (Å²) in [7, 11) is 4.63. The molecule has 4 aromatic rings. The molecule has 0 fully saturated rings. The lowest BCUT2D eigenvalue weighted by molar-refractivity contribution is -0.113. The molecule has 10 nitrogen and oxygen atoms in total. The highest BCUT2D eigenvalue weighted by Crippen LogP contribution is 2.28. The quantitative estimate of drug-likeness (QED) is 0.234.